The van der Waals surface area contributed by atoms with Gasteiger partial charge in [0.2, 0.25) is 0 Å². The highest BCUT2D eigenvalue weighted by Gasteiger charge is 2.12. The molecule has 0 spiro atoms. The van der Waals surface area contributed by atoms with Crippen molar-refractivity contribution in [2.45, 2.75) is 0 Å². The number of fused-ring (bicyclic) bond motifs is 1. The first-order valence-electron chi connectivity index (χ1n) is 8.18. The minimum absolute atomic E-state index is 0.247. The normalized spacial score (nSPS) is 10.8. The number of nitrogens with one attached hydrogen (secondary N) is 2. The van der Waals surface area contributed by atoms with Crippen LogP contribution in [0.1, 0.15) is 0 Å². The zero-order valence-corrected chi connectivity index (χ0v) is 14.6. The molecular weight excluding hydrogens is 349 g/mol. The minimum Gasteiger partial charge on any atom is -0.368 e. The molecule has 0 aliphatic carbocycles. The third-order valence-electron chi connectivity index (χ3n) is 3.91. The van der Waals surface area contributed by atoms with Crippen molar-refractivity contribution >= 4 is 33.2 Å². The average Bonchev–Trinajstić information content (AvgIpc) is 3.12. The standard InChI is InChI=1S/C19H16FN5S/c20-14-6-4-13(5-7-14)15-11-26-19-17(15)18(24-12-25-19)23-10-9-22-16-3-1-2-8-21-16/h1-8,11-12H,9-10H2,(H,21,22)(H,23,24,25). The molecular formula is C19H16FN5S. The average molecular weight is 365 g/mol. The van der Waals surface area contributed by atoms with Crippen molar-refractivity contribution in [2.75, 3.05) is 23.7 Å². The lowest BCUT2D eigenvalue weighted by molar-refractivity contribution is 0.628. The maximum atomic E-state index is 13.2. The van der Waals surface area contributed by atoms with E-state index in [4.69, 9.17) is 0 Å². The maximum absolute atomic E-state index is 13.2. The summed E-state index contributed by atoms with van der Waals surface area (Å²) in [5.74, 6) is 1.37. The molecule has 7 heteroatoms. The number of aromatic nitrogens is 3. The second-order valence-corrected chi connectivity index (χ2v) is 6.49. The van der Waals surface area contributed by atoms with E-state index in [2.05, 4.69) is 25.6 Å². The summed E-state index contributed by atoms with van der Waals surface area (Å²) in [5.41, 5.74) is 1.95. The summed E-state index contributed by atoms with van der Waals surface area (Å²) in [5, 5.41) is 9.60. The molecule has 3 aromatic heterocycles. The van der Waals surface area contributed by atoms with E-state index < -0.39 is 0 Å². The molecule has 4 aromatic rings. The van der Waals surface area contributed by atoms with Gasteiger partial charge in [0.1, 0.15) is 28.6 Å². The van der Waals surface area contributed by atoms with E-state index in [0.29, 0.717) is 13.1 Å². The van der Waals surface area contributed by atoms with Crippen molar-refractivity contribution in [3.63, 3.8) is 0 Å². The van der Waals surface area contributed by atoms with E-state index >= 15 is 0 Å². The number of hydrogen-bond donors (Lipinski definition) is 2. The Morgan fingerprint density at radius 1 is 0.923 bits per heavy atom. The van der Waals surface area contributed by atoms with E-state index in [9.17, 15) is 4.39 Å². The predicted octanol–water partition coefficient (Wildman–Crippen LogP) is 4.42. The van der Waals surface area contributed by atoms with Gasteiger partial charge in [0.25, 0.3) is 0 Å². The molecule has 4 rings (SSSR count). The van der Waals surface area contributed by atoms with Gasteiger partial charge in [0.15, 0.2) is 0 Å². The van der Waals surface area contributed by atoms with Crippen molar-refractivity contribution in [1.29, 1.82) is 0 Å². The van der Waals surface area contributed by atoms with Crippen LogP contribution in [0.15, 0.2) is 60.4 Å². The Balaban J connectivity index is 1.53. The van der Waals surface area contributed by atoms with E-state index in [1.54, 1.807) is 36.0 Å². The molecule has 0 amide bonds. The van der Waals surface area contributed by atoms with Crippen LogP contribution >= 0.6 is 11.3 Å². The van der Waals surface area contributed by atoms with Crippen molar-refractivity contribution < 1.29 is 4.39 Å². The summed E-state index contributed by atoms with van der Waals surface area (Å²) in [7, 11) is 0. The van der Waals surface area contributed by atoms with Gasteiger partial charge in [0, 0.05) is 30.2 Å². The first-order valence-corrected chi connectivity index (χ1v) is 9.06. The quantitative estimate of drug-likeness (QED) is 0.495. The van der Waals surface area contributed by atoms with Gasteiger partial charge in [-0.25, -0.2) is 19.3 Å². The minimum atomic E-state index is -0.247. The summed E-state index contributed by atoms with van der Waals surface area (Å²) >= 11 is 1.55. The van der Waals surface area contributed by atoms with E-state index in [-0.39, 0.29) is 5.82 Å². The van der Waals surface area contributed by atoms with Crippen molar-refractivity contribution in [1.82, 2.24) is 15.0 Å². The Kier molecular flexibility index (Phi) is 4.70. The third-order valence-corrected chi connectivity index (χ3v) is 4.80. The van der Waals surface area contributed by atoms with Crippen LogP contribution in [0.5, 0.6) is 0 Å². The van der Waals surface area contributed by atoms with Gasteiger partial charge in [-0.15, -0.1) is 11.3 Å². The predicted molar refractivity (Wildman–Crippen MR) is 104 cm³/mol. The van der Waals surface area contributed by atoms with Crippen molar-refractivity contribution in [2.24, 2.45) is 0 Å². The van der Waals surface area contributed by atoms with Crippen LogP contribution in [0.25, 0.3) is 21.3 Å². The number of hydrogen-bond acceptors (Lipinski definition) is 6. The SMILES string of the molecule is Fc1ccc(-c2csc3ncnc(NCCNc4ccccn4)c23)cc1. The van der Waals surface area contributed by atoms with E-state index in [1.807, 2.05) is 23.6 Å². The molecule has 5 nitrogen and oxygen atoms in total. The molecule has 0 saturated heterocycles. The van der Waals surface area contributed by atoms with Crippen LogP contribution < -0.4 is 10.6 Å². The second kappa shape index (κ2) is 7.45. The molecule has 0 aliphatic rings. The molecule has 26 heavy (non-hydrogen) atoms. The number of pyridine rings is 1. The van der Waals surface area contributed by atoms with Crippen LogP contribution in [0.2, 0.25) is 0 Å². The Labute approximate surface area is 154 Å². The second-order valence-electron chi connectivity index (χ2n) is 5.63. The first-order chi connectivity index (χ1) is 12.8. The maximum Gasteiger partial charge on any atom is 0.138 e. The Hall–Kier alpha value is -3.06. The highest BCUT2D eigenvalue weighted by molar-refractivity contribution is 7.17. The van der Waals surface area contributed by atoms with E-state index in [1.165, 1.54) is 12.1 Å². The number of thiophene rings is 1. The smallest absolute Gasteiger partial charge is 0.138 e. The summed E-state index contributed by atoms with van der Waals surface area (Å²) < 4.78 is 13.2. The fraction of sp³-hybridized carbons (Fsp3) is 0.105. The van der Waals surface area contributed by atoms with Crippen LogP contribution in [0, 0.1) is 5.82 Å². The van der Waals surface area contributed by atoms with Gasteiger partial charge < -0.3 is 10.6 Å². The first kappa shape index (κ1) is 16.4. The zero-order chi connectivity index (χ0) is 17.8. The largest absolute Gasteiger partial charge is 0.368 e. The molecule has 0 saturated carbocycles. The zero-order valence-electron chi connectivity index (χ0n) is 13.8. The van der Waals surface area contributed by atoms with Crippen LogP contribution in [-0.2, 0) is 0 Å². The number of benzene rings is 1. The van der Waals surface area contributed by atoms with Crippen LogP contribution in [-0.4, -0.2) is 28.0 Å². The molecule has 0 unspecified atom stereocenters. The fourth-order valence-electron chi connectivity index (χ4n) is 2.69. The van der Waals surface area contributed by atoms with Crippen molar-refractivity contribution in [3.05, 3.63) is 66.2 Å². The summed E-state index contributed by atoms with van der Waals surface area (Å²) in [4.78, 5) is 13.9. The topological polar surface area (TPSA) is 62.7 Å². The van der Waals surface area contributed by atoms with Gasteiger partial charge in [-0.3, -0.25) is 0 Å². The molecule has 0 radical (unpaired) electrons. The van der Waals surface area contributed by atoms with Crippen molar-refractivity contribution in [3.8, 4) is 11.1 Å². The molecule has 0 aliphatic heterocycles. The lowest BCUT2D eigenvalue weighted by atomic mass is 10.1. The molecule has 0 bridgehead atoms. The van der Waals surface area contributed by atoms with E-state index in [0.717, 1.165) is 33.0 Å². The van der Waals surface area contributed by atoms with Gasteiger partial charge in [-0.2, -0.15) is 0 Å². The summed E-state index contributed by atoms with van der Waals surface area (Å²) in [6, 6.07) is 12.2. The lowest BCUT2D eigenvalue weighted by Gasteiger charge is -2.09. The van der Waals surface area contributed by atoms with Gasteiger partial charge in [-0.05, 0) is 29.8 Å². The van der Waals surface area contributed by atoms with Crippen LogP contribution in [0.3, 0.4) is 0 Å². The Bertz CT molecular complexity index is 1000. The highest BCUT2D eigenvalue weighted by Crippen LogP contribution is 2.36. The number of anilines is 2. The molecule has 0 fully saturated rings. The van der Waals surface area contributed by atoms with Gasteiger partial charge >= 0.3 is 0 Å². The van der Waals surface area contributed by atoms with Gasteiger partial charge in [-0.1, -0.05) is 18.2 Å². The van der Waals surface area contributed by atoms with Crippen LogP contribution in [0.4, 0.5) is 16.0 Å². The molecule has 0 atom stereocenters. The summed E-state index contributed by atoms with van der Waals surface area (Å²) in [6.07, 6.45) is 3.31. The molecule has 1 aromatic carbocycles. The number of rotatable bonds is 6. The highest BCUT2D eigenvalue weighted by atomic mass is 32.1. The lowest BCUT2D eigenvalue weighted by Crippen LogP contribution is -2.15. The van der Waals surface area contributed by atoms with Gasteiger partial charge in [0.05, 0.1) is 5.39 Å². The third kappa shape index (κ3) is 3.48. The monoisotopic (exact) mass is 365 g/mol. The fourth-order valence-corrected chi connectivity index (χ4v) is 3.61. The number of nitrogens with zero attached hydrogens (tertiary/aromatic N) is 3. The number of halogens is 1. The Morgan fingerprint density at radius 3 is 2.58 bits per heavy atom. The molecule has 3 heterocycles. The summed E-state index contributed by atoms with van der Waals surface area (Å²) in [6.45, 7) is 1.39. The Morgan fingerprint density at radius 2 is 1.77 bits per heavy atom. The molecule has 2 N–H and O–H groups in total. The molecule has 130 valence electrons.